The molecule has 4 rings (SSSR count). The third kappa shape index (κ3) is 7.27. The zero-order chi connectivity index (χ0) is 26.4. The molecule has 1 aromatic heterocycles. The van der Waals surface area contributed by atoms with Crippen LogP contribution in [0.4, 0.5) is 13.2 Å². The summed E-state index contributed by atoms with van der Waals surface area (Å²) in [5, 5.41) is 4.18. The number of halogens is 3. The number of piperazine rings is 1. The van der Waals surface area contributed by atoms with Crippen molar-refractivity contribution in [3.63, 3.8) is 0 Å². The highest BCUT2D eigenvalue weighted by atomic mass is 19.2. The molecule has 0 atom stereocenters. The van der Waals surface area contributed by atoms with Crippen molar-refractivity contribution in [2.45, 2.75) is 19.4 Å². The fourth-order valence-corrected chi connectivity index (χ4v) is 4.19. The number of hydrogen-bond donors (Lipinski definition) is 0. The first-order chi connectivity index (χ1) is 17.8. The van der Waals surface area contributed by atoms with Gasteiger partial charge in [-0.15, -0.1) is 0 Å². The molecule has 0 bridgehead atoms. The van der Waals surface area contributed by atoms with Crippen molar-refractivity contribution in [2.24, 2.45) is 0 Å². The van der Waals surface area contributed by atoms with E-state index in [0.29, 0.717) is 12.2 Å². The first-order valence-corrected chi connectivity index (χ1v) is 12.2. The maximum absolute atomic E-state index is 13.6. The van der Waals surface area contributed by atoms with Gasteiger partial charge in [-0.2, -0.15) is 5.10 Å². The van der Waals surface area contributed by atoms with Crippen molar-refractivity contribution in [2.75, 3.05) is 46.4 Å². The normalized spacial score (nSPS) is 14.6. The number of esters is 1. The molecule has 0 saturated carbocycles. The predicted octanol–water partition coefficient (Wildman–Crippen LogP) is 3.10. The predicted molar refractivity (Wildman–Crippen MR) is 133 cm³/mol. The molecule has 2 aromatic carbocycles. The number of rotatable bonds is 9. The number of ether oxygens (including phenoxy) is 1. The maximum Gasteiger partial charge on any atom is 0.310 e. The molecule has 1 aliphatic heterocycles. The summed E-state index contributed by atoms with van der Waals surface area (Å²) in [6, 6.07) is 11.3. The monoisotopic (exact) mass is 514 g/mol. The second-order valence-electron chi connectivity index (χ2n) is 9.18. The quantitative estimate of drug-likeness (QED) is 0.248. The lowest BCUT2D eigenvalue weighted by Crippen LogP contribution is -2.44. The number of carbonyl (C=O) groups is 1. The average molecular weight is 515 g/mol. The molecule has 7 nitrogen and oxygen atoms in total. The second kappa shape index (κ2) is 12.2. The summed E-state index contributed by atoms with van der Waals surface area (Å²) in [4.78, 5) is 29.3. The smallest absolute Gasteiger partial charge is 0.310 e. The molecule has 0 spiro atoms. The van der Waals surface area contributed by atoms with Crippen LogP contribution in [-0.2, 0) is 22.5 Å². The van der Waals surface area contributed by atoms with Crippen LogP contribution in [0.15, 0.2) is 53.3 Å². The molecule has 10 heteroatoms. The number of likely N-dealkylation sites (N-methyl/N-ethyl adjacent to an activating group) is 1. The van der Waals surface area contributed by atoms with E-state index in [-0.39, 0.29) is 30.2 Å². The van der Waals surface area contributed by atoms with Gasteiger partial charge in [-0.05, 0) is 42.8 Å². The molecule has 0 amide bonds. The summed E-state index contributed by atoms with van der Waals surface area (Å²) in [7, 11) is 2.11. The van der Waals surface area contributed by atoms with E-state index in [1.54, 1.807) is 24.3 Å². The highest BCUT2D eigenvalue weighted by molar-refractivity contribution is 5.72. The molecule has 0 N–H and O–H groups in total. The number of benzene rings is 2. The van der Waals surface area contributed by atoms with Gasteiger partial charge in [-0.3, -0.25) is 9.59 Å². The minimum atomic E-state index is -1.57. The maximum atomic E-state index is 13.6. The number of nitrogens with zero attached hydrogens (tertiary/aromatic N) is 4. The Morgan fingerprint density at radius 1 is 0.973 bits per heavy atom. The van der Waals surface area contributed by atoms with Gasteiger partial charge < -0.3 is 14.5 Å². The minimum absolute atomic E-state index is 0.00858. The zero-order valence-electron chi connectivity index (χ0n) is 20.6. The molecule has 3 aromatic rings. The third-order valence-electron chi connectivity index (χ3n) is 6.30. The molecular weight excluding hydrogens is 485 g/mol. The molecule has 0 unspecified atom stereocenters. The Hall–Kier alpha value is -3.50. The SMILES string of the molecule is CN1CCN(CCCOC(=O)Cc2cccc(Cn3nc(-c4cc(F)c(F)c(F)c4)ccc3=O)c2)CC1. The lowest BCUT2D eigenvalue weighted by molar-refractivity contribution is -0.143. The molecule has 2 heterocycles. The number of aromatic nitrogens is 2. The van der Waals surface area contributed by atoms with Crippen LogP contribution >= 0.6 is 0 Å². The van der Waals surface area contributed by atoms with Crippen LogP contribution in [0.5, 0.6) is 0 Å². The largest absolute Gasteiger partial charge is 0.465 e. The average Bonchev–Trinajstić information content (AvgIpc) is 2.87. The Balaban J connectivity index is 1.34. The van der Waals surface area contributed by atoms with Gasteiger partial charge in [-0.1, -0.05) is 24.3 Å². The first kappa shape index (κ1) is 26.6. The van der Waals surface area contributed by atoms with Crippen LogP contribution in [-0.4, -0.2) is 71.9 Å². The highest BCUT2D eigenvalue weighted by Gasteiger charge is 2.15. The van der Waals surface area contributed by atoms with Gasteiger partial charge in [-0.25, -0.2) is 17.9 Å². The van der Waals surface area contributed by atoms with E-state index in [9.17, 15) is 22.8 Å². The summed E-state index contributed by atoms with van der Waals surface area (Å²) in [6.07, 6.45) is 0.876. The zero-order valence-corrected chi connectivity index (χ0v) is 20.6. The van der Waals surface area contributed by atoms with E-state index < -0.39 is 23.0 Å². The van der Waals surface area contributed by atoms with Crippen LogP contribution in [0.3, 0.4) is 0 Å². The van der Waals surface area contributed by atoms with Crippen molar-refractivity contribution in [3.05, 3.63) is 87.5 Å². The lowest BCUT2D eigenvalue weighted by atomic mass is 10.1. The fourth-order valence-electron chi connectivity index (χ4n) is 4.19. The molecule has 196 valence electrons. The Labute approximate surface area is 213 Å². The van der Waals surface area contributed by atoms with Crippen molar-refractivity contribution < 1.29 is 22.7 Å². The van der Waals surface area contributed by atoms with Gasteiger partial charge in [0.25, 0.3) is 5.56 Å². The van der Waals surface area contributed by atoms with E-state index in [0.717, 1.165) is 61.5 Å². The molecule has 1 saturated heterocycles. The van der Waals surface area contributed by atoms with Crippen LogP contribution in [0, 0.1) is 17.5 Å². The lowest BCUT2D eigenvalue weighted by Gasteiger charge is -2.32. The van der Waals surface area contributed by atoms with Gasteiger partial charge in [0, 0.05) is 44.4 Å². The van der Waals surface area contributed by atoms with Gasteiger partial charge in [0.2, 0.25) is 0 Å². The standard InChI is InChI=1S/C27H29F3N4O3/c1-32-9-11-33(12-10-32)8-3-13-37-26(36)15-19-4-2-5-20(14-19)18-34-25(35)7-6-24(31-34)21-16-22(28)27(30)23(29)17-21/h2,4-7,14,16-17H,3,8-13,15,18H2,1H3. The highest BCUT2D eigenvalue weighted by Crippen LogP contribution is 2.21. The van der Waals surface area contributed by atoms with E-state index in [4.69, 9.17) is 4.74 Å². The van der Waals surface area contributed by atoms with Crippen LogP contribution in [0.25, 0.3) is 11.3 Å². The molecule has 37 heavy (non-hydrogen) atoms. The number of hydrogen-bond acceptors (Lipinski definition) is 6. The number of carbonyl (C=O) groups excluding carboxylic acids is 1. The molecule has 1 fully saturated rings. The van der Waals surface area contributed by atoms with Gasteiger partial charge in [0.15, 0.2) is 17.5 Å². The van der Waals surface area contributed by atoms with Crippen molar-refractivity contribution in [3.8, 4) is 11.3 Å². The van der Waals surface area contributed by atoms with Crippen molar-refractivity contribution in [1.29, 1.82) is 0 Å². The summed E-state index contributed by atoms with van der Waals surface area (Å²) in [6.45, 7) is 5.48. The molecule has 0 aliphatic carbocycles. The Morgan fingerprint density at radius 3 is 2.41 bits per heavy atom. The Bertz CT molecular complexity index is 1280. The van der Waals surface area contributed by atoms with Gasteiger partial charge in [0.05, 0.1) is 25.3 Å². The second-order valence-corrected chi connectivity index (χ2v) is 9.18. The van der Waals surface area contributed by atoms with E-state index in [1.165, 1.54) is 12.1 Å². The Kier molecular flexibility index (Phi) is 8.73. The van der Waals surface area contributed by atoms with Crippen molar-refractivity contribution >= 4 is 5.97 Å². The van der Waals surface area contributed by atoms with Crippen LogP contribution in [0.2, 0.25) is 0 Å². The van der Waals surface area contributed by atoms with E-state index in [1.807, 2.05) is 0 Å². The molecule has 0 radical (unpaired) electrons. The van der Waals surface area contributed by atoms with E-state index in [2.05, 4.69) is 21.9 Å². The minimum Gasteiger partial charge on any atom is -0.465 e. The summed E-state index contributed by atoms with van der Waals surface area (Å²) >= 11 is 0. The van der Waals surface area contributed by atoms with Gasteiger partial charge >= 0.3 is 5.97 Å². The van der Waals surface area contributed by atoms with Gasteiger partial charge in [0.1, 0.15) is 0 Å². The third-order valence-corrected chi connectivity index (χ3v) is 6.30. The Morgan fingerprint density at radius 2 is 1.68 bits per heavy atom. The van der Waals surface area contributed by atoms with E-state index >= 15 is 0 Å². The fraction of sp³-hybridized carbons (Fsp3) is 0.370. The summed E-state index contributed by atoms with van der Waals surface area (Å²) in [5.41, 5.74) is 1.15. The van der Waals surface area contributed by atoms with Crippen LogP contribution < -0.4 is 5.56 Å². The molecular formula is C27H29F3N4O3. The van der Waals surface area contributed by atoms with Crippen LogP contribution in [0.1, 0.15) is 17.5 Å². The van der Waals surface area contributed by atoms with Crippen molar-refractivity contribution in [1.82, 2.24) is 19.6 Å². The molecule has 1 aliphatic rings. The summed E-state index contributed by atoms with van der Waals surface area (Å²) < 4.78 is 47.1. The first-order valence-electron chi connectivity index (χ1n) is 12.2. The summed E-state index contributed by atoms with van der Waals surface area (Å²) in [5.74, 6) is -4.57. The topological polar surface area (TPSA) is 67.7 Å².